The molecule has 1 aliphatic heterocycles. The molecule has 1 aromatic carbocycles. The van der Waals surface area contributed by atoms with Gasteiger partial charge in [-0.2, -0.15) is 0 Å². The van der Waals surface area contributed by atoms with E-state index in [0.29, 0.717) is 17.5 Å². The monoisotopic (exact) mass is 342 g/mol. The summed E-state index contributed by atoms with van der Waals surface area (Å²) < 4.78 is 0.931. The van der Waals surface area contributed by atoms with E-state index in [-0.39, 0.29) is 18.0 Å². The minimum atomic E-state index is -0.0274. The molecule has 2 atom stereocenters. The predicted molar refractivity (Wildman–Crippen MR) is 79.0 cm³/mol. The van der Waals surface area contributed by atoms with Gasteiger partial charge in [-0.25, -0.2) is 0 Å². The first-order chi connectivity index (χ1) is 9.08. The third-order valence-corrected chi connectivity index (χ3v) is 4.83. The molecule has 0 spiro atoms. The Bertz CT molecular complexity index is 518. The summed E-state index contributed by atoms with van der Waals surface area (Å²) in [4.78, 5) is 14.2. The van der Waals surface area contributed by atoms with E-state index in [4.69, 9.17) is 17.3 Å². The highest BCUT2D eigenvalue weighted by atomic mass is 79.9. The van der Waals surface area contributed by atoms with Crippen molar-refractivity contribution in [3.63, 3.8) is 0 Å². The summed E-state index contributed by atoms with van der Waals surface area (Å²) in [6.45, 7) is 0. The van der Waals surface area contributed by atoms with Crippen molar-refractivity contribution in [3.8, 4) is 0 Å². The van der Waals surface area contributed by atoms with Crippen molar-refractivity contribution in [1.82, 2.24) is 4.90 Å². The van der Waals surface area contributed by atoms with Crippen molar-refractivity contribution >= 4 is 33.4 Å². The van der Waals surface area contributed by atoms with Gasteiger partial charge in [0.1, 0.15) is 0 Å². The van der Waals surface area contributed by atoms with Crippen LogP contribution in [0.4, 0.5) is 0 Å². The first-order valence-electron chi connectivity index (χ1n) is 6.59. The van der Waals surface area contributed by atoms with Crippen LogP contribution in [0.15, 0.2) is 22.7 Å². The number of amides is 1. The van der Waals surface area contributed by atoms with Gasteiger partial charge in [0.15, 0.2) is 0 Å². The van der Waals surface area contributed by atoms with Crippen LogP contribution in [-0.2, 0) is 4.79 Å². The average molecular weight is 344 g/mol. The molecule has 1 amide bonds. The normalized spacial score (nSPS) is 27.7. The molecule has 0 aromatic heterocycles. The van der Waals surface area contributed by atoms with Gasteiger partial charge in [-0.05, 0) is 37.0 Å². The van der Waals surface area contributed by atoms with E-state index in [2.05, 4.69) is 15.9 Å². The molecule has 0 radical (unpaired) electrons. The highest BCUT2D eigenvalue weighted by molar-refractivity contribution is 9.10. The molecule has 1 aliphatic carbocycles. The smallest absolute Gasteiger partial charge is 0.223 e. The van der Waals surface area contributed by atoms with Crippen LogP contribution in [0.3, 0.4) is 0 Å². The van der Waals surface area contributed by atoms with Gasteiger partial charge in [0, 0.05) is 28.0 Å². The summed E-state index contributed by atoms with van der Waals surface area (Å²) >= 11 is 9.54. The molecular weight excluding hydrogens is 328 g/mol. The molecule has 1 aromatic rings. The van der Waals surface area contributed by atoms with E-state index in [9.17, 15) is 4.79 Å². The van der Waals surface area contributed by atoms with Crippen molar-refractivity contribution < 1.29 is 4.79 Å². The van der Waals surface area contributed by atoms with Crippen molar-refractivity contribution in [2.45, 2.75) is 43.8 Å². The number of carbonyl (C=O) groups excluding carboxylic acids is 1. The number of nitrogens with zero attached hydrogens (tertiary/aromatic N) is 1. The van der Waals surface area contributed by atoms with Gasteiger partial charge < -0.3 is 10.6 Å². The van der Waals surface area contributed by atoms with E-state index in [0.717, 1.165) is 29.3 Å². The summed E-state index contributed by atoms with van der Waals surface area (Å²) in [6.07, 6.45) is 3.52. The molecule has 19 heavy (non-hydrogen) atoms. The summed E-state index contributed by atoms with van der Waals surface area (Å²) in [5.74, 6) is 0.232. The Morgan fingerprint density at radius 2 is 2.05 bits per heavy atom. The lowest BCUT2D eigenvalue weighted by Gasteiger charge is -2.40. The molecule has 1 saturated heterocycles. The third-order valence-electron chi connectivity index (χ3n) is 3.91. The number of piperidine rings is 1. The van der Waals surface area contributed by atoms with Crippen LogP contribution in [0.25, 0.3) is 0 Å². The van der Waals surface area contributed by atoms with Crippen LogP contribution in [0.2, 0.25) is 5.02 Å². The van der Waals surface area contributed by atoms with E-state index in [1.165, 1.54) is 0 Å². The van der Waals surface area contributed by atoms with Crippen LogP contribution >= 0.6 is 27.5 Å². The summed E-state index contributed by atoms with van der Waals surface area (Å²) in [6, 6.07) is 6.06. The maximum absolute atomic E-state index is 12.2. The minimum Gasteiger partial charge on any atom is -0.331 e. The zero-order chi connectivity index (χ0) is 13.6. The van der Waals surface area contributed by atoms with E-state index in [1.807, 2.05) is 23.1 Å². The Morgan fingerprint density at radius 3 is 2.68 bits per heavy atom. The standard InChI is InChI=1S/C14H16BrClN2O/c15-11-7-8(16)1-4-10(11)14-12(17)5-6-13(19)18(14)9-2-3-9/h1,4,7,9,12,14H,2-3,5-6,17H2. The van der Waals surface area contributed by atoms with Crippen molar-refractivity contribution in [2.75, 3.05) is 0 Å². The minimum absolute atomic E-state index is 0.00391. The number of benzene rings is 1. The lowest BCUT2D eigenvalue weighted by molar-refractivity contribution is -0.138. The first kappa shape index (κ1) is 13.4. The van der Waals surface area contributed by atoms with E-state index < -0.39 is 0 Å². The summed E-state index contributed by atoms with van der Waals surface area (Å²) in [5, 5.41) is 0.685. The second-order valence-corrected chi connectivity index (χ2v) is 6.64. The largest absolute Gasteiger partial charge is 0.331 e. The Hall–Kier alpha value is -0.580. The van der Waals surface area contributed by atoms with Gasteiger partial charge in [-0.1, -0.05) is 33.6 Å². The zero-order valence-corrected chi connectivity index (χ0v) is 12.8. The molecule has 2 fully saturated rings. The molecule has 3 rings (SSSR count). The molecule has 0 bridgehead atoms. The van der Waals surface area contributed by atoms with Crippen LogP contribution in [0, 0.1) is 0 Å². The quantitative estimate of drug-likeness (QED) is 0.896. The molecule has 2 aliphatic rings. The number of nitrogens with two attached hydrogens (primary N) is 1. The molecule has 2 N–H and O–H groups in total. The number of likely N-dealkylation sites (tertiary alicyclic amines) is 1. The Balaban J connectivity index is 2.00. The molecule has 3 nitrogen and oxygen atoms in total. The maximum Gasteiger partial charge on any atom is 0.223 e. The number of carbonyl (C=O) groups is 1. The van der Waals surface area contributed by atoms with Gasteiger partial charge in [0.2, 0.25) is 5.91 Å². The lowest BCUT2D eigenvalue weighted by atomic mass is 9.90. The van der Waals surface area contributed by atoms with Gasteiger partial charge in [0.25, 0.3) is 0 Å². The Morgan fingerprint density at radius 1 is 1.32 bits per heavy atom. The summed E-state index contributed by atoms with van der Waals surface area (Å²) in [7, 11) is 0. The molecule has 2 unspecified atom stereocenters. The van der Waals surface area contributed by atoms with E-state index in [1.54, 1.807) is 0 Å². The van der Waals surface area contributed by atoms with E-state index >= 15 is 0 Å². The van der Waals surface area contributed by atoms with Crippen molar-refractivity contribution in [3.05, 3.63) is 33.3 Å². The number of halogens is 2. The van der Waals surface area contributed by atoms with Crippen molar-refractivity contribution in [1.29, 1.82) is 0 Å². The molecule has 102 valence electrons. The molecule has 5 heteroatoms. The van der Waals surface area contributed by atoms with Gasteiger partial charge in [-0.3, -0.25) is 4.79 Å². The average Bonchev–Trinajstić information content (AvgIpc) is 3.17. The Labute approximate surface area is 126 Å². The second-order valence-electron chi connectivity index (χ2n) is 5.35. The fourth-order valence-electron chi connectivity index (χ4n) is 2.84. The Kier molecular flexibility index (Phi) is 3.58. The topological polar surface area (TPSA) is 46.3 Å². The van der Waals surface area contributed by atoms with Crippen LogP contribution in [0.1, 0.15) is 37.3 Å². The summed E-state index contributed by atoms with van der Waals surface area (Å²) in [5.41, 5.74) is 7.35. The highest BCUT2D eigenvalue weighted by Crippen LogP contribution is 2.42. The van der Waals surface area contributed by atoms with Gasteiger partial charge >= 0.3 is 0 Å². The van der Waals surface area contributed by atoms with Gasteiger partial charge in [-0.15, -0.1) is 0 Å². The molecular formula is C14H16BrClN2O. The fraction of sp³-hybridized carbons (Fsp3) is 0.500. The van der Waals surface area contributed by atoms with Crippen molar-refractivity contribution in [2.24, 2.45) is 5.73 Å². The second kappa shape index (κ2) is 5.08. The van der Waals surface area contributed by atoms with Crippen LogP contribution < -0.4 is 5.73 Å². The first-order valence-corrected chi connectivity index (χ1v) is 7.76. The fourth-order valence-corrected chi connectivity index (χ4v) is 3.76. The molecule has 1 saturated carbocycles. The predicted octanol–water partition coefficient (Wildman–Crippen LogP) is 3.26. The van der Waals surface area contributed by atoms with Gasteiger partial charge in [0.05, 0.1) is 6.04 Å². The SMILES string of the molecule is NC1CCC(=O)N(C2CC2)C1c1ccc(Cl)cc1Br. The highest BCUT2D eigenvalue weighted by Gasteiger charge is 2.43. The number of hydrogen-bond donors (Lipinski definition) is 1. The maximum atomic E-state index is 12.2. The third kappa shape index (κ3) is 2.54. The lowest BCUT2D eigenvalue weighted by Crippen LogP contribution is -2.49. The van der Waals surface area contributed by atoms with Crippen LogP contribution in [0.5, 0.6) is 0 Å². The zero-order valence-electron chi connectivity index (χ0n) is 10.5. The van der Waals surface area contributed by atoms with Crippen LogP contribution in [-0.4, -0.2) is 22.9 Å². The molecule has 1 heterocycles. The number of hydrogen-bond acceptors (Lipinski definition) is 2. The number of rotatable bonds is 2.